The summed E-state index contributed by atoms with van der Waals surface area (Å²) in [6.07, 6.45) is 0. The number of nitrogens with two attached hydrogens (primary N) is 1. The summed E-state index contributed by atoms with van der Waals surface area (Å²) in [5.74, 6) is 0.814. The number of benzene rings is 3. The van der Waals surface area contributed by atoms with E-state index in [2.05, 4.69) is 17.9 Å². The second kappa shape index (κ2) is 12.6. The summed E-state index contributed by atoms with van der Waals surface area (Å²) in [6.45, 7) is 7.05. The summed E-state index contributed by atoms with van der Waals surface area (Å²) in [7, 11) is 2.05. The third kappa shape index (κ3) is 6.80. The van der Waals surface area contributed by atoms with Crippen molar-refractivity contribution in [2.45, 2.75) is 33.9 Å². The molecule has 0 aliphatic heterocycles. The van der Waals surface area contributed by atoms with Crippen molar-refractivity contribution in [2.75, 3.05) is 18.6 Å². The molecule has 0 spiro atoms. The number of nitrogens with zero attached hydrogens (tertiary/aromatic N) is 1. The van der Waals surface area contributed by atoms with Crippen LogP contribution in [0.25, 0.3) is 5.70 Å². The van der Waals surface area contributed by atoms with Gasteiger partial charge in [-0.1, -0.05) is 79.6 Å². The normalized spacial score (nSPS) is 11.9. The Morgan fingerprint density at radius 1 is 1.03 bits per heavy atom. The van der Waals surface area contributed by atoms with Gasteiger partial charge in [0.1, 0.15) is 12.4 Å². The molecule has 0 fully saturated rings. The molecule has 36 heavy (non-hydrogen) atoms. The number of hydrogen-bond acceptors (Lipinski definition) is 5. The molecule has 0 aromatic heterocycles. The Bertz CT molecular complexity index is 1250. The number of halogens is 2. The van der Waals surface area contributed by atoms with Gasteiger partial charge in [0.15, 0.2) is 0 Å². The van der Waals surface area contributed by atoms with E-state index >= 15 is 0 Å². The lowest BCUT2D eigenvalue weighted by Gasteiger charge is -2.23. The Kier molecular flexibility index (Phi) is 9.80. The highest BCUT2D eigenvalue weighted by Crippen LogP contribution is 2.32. The van der Waals surface area contributed by atoms with Crippen molar-refractivity contribution in [3.05, 3.63) is 98.5 Å². The molecule has 0 unspecified atom stereocenters. The maximum atomic E-state index is 9.41. The second-order valence-corrected chi connectivity index (χ2v) is 10.3. The molecule has 0 saturated carbocycles. The zero-order valence-electron chi connectivity index (χ0n) is 21.0. The minimum absolute atomic E-state index is 0.0342. The van der Waals surface area contributed by atoms with E-state index < -0.39 is 0 Å². The summed E-state index contributed by atoms with van der Waals surface area (Å²) in [6, 6.07) is 19.2. The minimum atomic E-state index is 0.0342. The zero-order chi connectivity index (χ0) is 26.4. The van der Waals surface area contributed by atoms with Gasteiger partial charge in [-0.3, -0.25) is 0 Å². The predicted octanol–water partition coefficient (Wildman–Crippen LogP) is 7.21. The van der Waals surface area contributed by atoms with Gasteiger partial charge >= 0.3 is 0 Å². The Labute approximate surface area is 229 Å². The van der Waals surface area contributed by atoms with Gasteiger partial charge < -0.3 is 20.5 Å². The molecule has 0 radical (unpaired) electrons. The number of aryl methyl sites for hydroxylation is 1. The van der Waals surface area contributed by atoms with Crippen molar-refractivity contribution < 1.29 is 9.84 Å². The first-order valence-corrected chi connectivity index (χ1v) is 12.9. The van der Waals surface area contributed by atoms with Crippen LogP contribution in [0.3, 0.4) is 0 Å². The van der Waals surface area contributed by atoms with Crippen molar-refractivity contribution in [1.82, 2.24) is 0 Å². The standard InChI is InChI=1S/C29H32Cl2N2O2S/c1-18(2)29(36)23(28(32)27-24(30)9-6-10-25(27)31)17-35-22-11-12-26(19(3)13-22)33(4)15-20-7-5-8-21(14-20)16-34/h5-14,18,34H,15-17,32H2,1-4H3. The summed E-state index contributed by atoms with van der Waals surface area (Å²) in [5, 5.41) is 10.3. The zero-order valence-corrected chi connectivity index (χ0v) is 23.3. The molecule has 0 heterocycles. The quantitative estimate of drug-likeness (QED) is 0.209. The van der Waals surface area contributed by atoms with Gasteiger partial charge in [0, 0.05) is 41.0 Å². The first-order chi connectivity index (χ1) is 17.1. The lowest BCUT2D eigenvalue weighted by molar-refractivity contribution is 0.281. The van der Waals surface area contributed by atoms with E-state index in [1.165, 1.54) is 0 Å². The highest BCUT2D eigenvalue weighted by Gasteiger charge is 2.19. The molecule has 190 valence electrons. The molecule has 0 aliphatic rings. The fourth-order valence-electron chi connectivity index (χ4n) is 4.02. The highest BCUT2D eigenvalue weighted by atomic mass is 35.5. The molecule has 0 saturated heterocycles. The van der Waals surface area contributed by atoms with Crippen molar-refractivity contribution in [3.8, 4) is 5.75 Å². The summed E-state index contributed by atoms with van der Waals surface area (Å²) < 4.78 is 6.17. The van der Waals surface area contributed by atoms with E-state index in [-0.39, 0.29) is 19.1 Å². The molecular weight excluding hydrogens is 511 g/mol. The third-order valence-electron chi connectivity index (χ3n) is 5.94. The lowest BCUT2D eigenvalue weighted by Crippen LogP contribution is -2.20. The van der Waals surface area contributed by atoms with Gasteiger partial charge in [-0.2, -0.15) is 0 Å². The van der Waals surface area contributed by atoms with Gasteiger partial charge in [0.05, 0.1) is 16.7 Å². The number of ether oxygens (including phenoxy) is 1. The van der Waals surface area contributed by atoms with Crippen molar-refractivity contribution in [3.63, 3.8) is 0 Å². The molecule has 0 atom stereocenters. The van der Waals surface area contributed by atoms with Crippen LogP contribution < -0.4 is 15.4 Å². The fraction of sp³-hybridized carbons (Fsp3) is 0.276. The van der Waals surface area contributed by atoms with E-state index in [9.17, 15) is 5.11 Å². The maximum absolute atomic E-state index is 9.41. The topological polar surface area (TPSA) is 58.7 Å². The van der Waals surface area contributed by atoms with Gasteiger partial charge in [-0.15, -0.1) is 0 Å². The smallest absolute Gasteiger partial charge is 0.120 e. The number of thiocarbonyl (C=S) groups is 1. The van der Waals surface area contributed by atoms with Gasteiger partial charge in [-0.05, 0) is 59.9 Å². The molecule has 3 rings (SSSR count). The van der Waals surface area contributed by atoms with Crippen LogP contribution in [0, 0.1) is 12.8 Å². The molecule has 3 N–H and O–H groups in total. The average Bonchev–Trinajstić information content (AvgIpc) is 2.84. The first kappa shape index (κ1) is 28.0. The van der Waals surface area contributed by atoms with E-state index in [0.29, 0.717) is 37.5 Å². The molecule has 0 aliphatic carbocycles. The van der Waals surface area contributed by atoms with E-state index in [0.717, 1.165) is 28.9 Å². The molecule has 3 aromatic rings. The highest BCUT2D eigenvalue weighted by molar-refractivity contribution is 7.80. The van der Waals surface area contributed by atoms with Gasteiger partial charge in [0.2, 0.25) is 0 Å². The van der Waals surface area contributed by atoms with Crippen molar-refractivity contribution in [2.24, 2.45) is 11.7 Å². The van der Waals surface area contributed by atoms with Crippen LogP contribution >= 0.6 is 35.4 Å². The summed E-state index contributed by atoms with van der Waals surface area (Å²) in [4.78, 5) is 2.88. The van der Waals surface area contributed by atoms with E-state index in [1.54, 1.807) is 18.2 Å². The second-order valence-electron chi connectivity index (χ2n) is 9.08. The predicted molar refractivity (Wildman–Crippen MR) is 156 cm³/mol. The largest absolute Gasteiger partial charge is 0.489 e. The van der Waals surface area contributed by atoms with Crippen LogP contribution in [-0.2, 0) is 13.2 Å². The Balaban J connectivity index is 1.82. The average molecular weight is 544 g/mol. The first-order valence-electron chi connectivity index (χ1n) is 11.7. The molecule has 0 bridgehead atoms. The van der Waals surface area contributed by atoms with Crippen molar-refractivity contribution >= 4 is 51.7 Å². The lowest BCUT2D eigenvalue weighted by atomic mass is 9.98. The Hall–Kier alpha value is -2.57. The Morgan fingerprint density at radius 2 is 1.67 bits per heavy atom. The molecule has 7 heteroatoms. The van der Waals surface area contributed by atoms with Gasteiger partial charge in [0.25, 0.3) is 0 Å². The van der Waals surface area contributed by atoms with Crippen LogP contribution in [0.5, 0.6) is 5.75 Å². The van der Waals surface area contributed by atoms with Crippen LogP contribution in [0.4, 0.5) is 5.69 Å². The van der Waals surface area contributed by atoms with Crippen LogP contribution in [0.1, 0.15) is 36.1 Å². The molecular formula is C29H32Cl2N2O2S. The summed E-state index contributed by atoms with van der Waals surface area (Å²) >= 11 is 18.5. The molecule has 3 aromatic carbocycles. The third-order valence-corrected chi connectivity index (χ3v) is 7.28. The van der Waals surface area contributed by atoms with Crippen LogP contribution in [0.15, 0.2) is 66.2 Å². The molecule has 0 amide bonds. The minimum Gasteiger partial charge on any atom is -0.489 e. The van der Waals surface area contributed by atoms with Crippen LogP contribution in [-0.4, -0.2) is 23.6 Å². The van der Waals surface area contributed by atoms with E-state index in [4.69, 9.17) is 45.9 Å². The molecule has 4 nitrogen and oxygen atoms in total. The summed E-state index contributed by atoms with van der Waals surface area (Å²) in [5.41, 5.74) is 12.5. The fourth-order valence-corrected chi connectivity index (χ4v) is 4.79. The SMILES string of the molecule is Cc1cc(OCC(C(=S)C(C)C)=C(N)c2c(Cl)cccc2Cl)ccc1N(C)Cc1cccc(CO)c1. The Morgan fingerprint density at radius 3 is 2.28 bits per heavy atom. The van der Waals surface area contributed by atoms with Crippen LogP contribution in [0.2, 0.25) is 10.0 Å². The number of anilines is 1. The monoisotopic (exact) mass is 542 g/mol. The maximum Gasteiger partial charge on any atom is 0.120 e. The number of hydrogen-bond donors (Lipinski definition) is 2. The van der Waals surface area contributed by atoms with Gasteiger partial charge in [-0.25, -0.2) is 0 Å². The number of aliphatic hydroxyl groups is 1. The number of rotatable bonds is 10. The van der Waals surface area contributed by atoms with E-state index in [1.807, 2.05) is 57.3 Å². The number of aliphatic hydroxyl groups excluding tert-OH is 1. The van der Waals surface area contributed by atoms with Crippen molar-refractivity contribution in [1.29, 1.82) is 0 Å².